The van der Waals surface area contributed by atoms with Crippen molar-refractivity contribution in [1.82, 2.24) is 14.8 Å². The van der Waals surface area contributed by atoms with Gasteiger partial charge in [-0.15, -0.1) is 0 Å². The first-order valence-corrected chi connectivity index (χ1v) is 6.44. The molecule has 108 valence electrons. The number of hydrogen-bond donors (Lipinski definition) is 1. The predicted octanol–water partition coefficient (Wildman–Crippen LogP) is 1.94. The molecular formula is C14H19N3O3. The number of nitrogens with zero attached hydrogens (tertiary/aromatic N) is 3. The summed E-state index contributed by atoms with van der Waals surface area (Å²) in [5.74, 6) is 2.05. The highest BCUT2D eigenvalue weighted by Crippen LogP contribution is 2.25. The van der Waals surface area contributed by atoms with Gasteiger partial charge in [0, 0.05) is 11.6 Å². The van der Waals surface area contributed by atoms with Crippen molar-refractivity contribution in [3.05, 3.63) is 35.9 Å². The van der Waals surface area contributed by atoms with Crippen LogP contribution in [0, 0.1) is 0 Å². The Morgan fingerprint density at radius 1 is 1.35 bits per heavy atom. The van der Waals surface area contributed by atoms with Crippen LogP contribution >= 0.6 is 0 Å². The van der Waals surface area contributed by atoms with Crippen LogP contribution in [0.2, 0.25) is 0 Å². The monoisotopic (exact) mass is 277 g/mol. The van der Waals surface area contributed by atoms with Gasteiger partial charge in [-0.3, -0.25) is 0 Å². The van der Waals surface area contributed by atoms with Crippen molar-refractivity contribution >= 4 is 0 Å². The number of rotatable bonds is 6. The topological polar surface area (TPSA) is 69.4 Å². The number of ether oxygens (including phenoxy) is 2. The van der Waals surface area contributed by atoms with Gasteiger partial charge in [0.1, 0.15) is 24.4 Å². The summed E-state index contributed by atoms with van der Waals surface area (Å²) in [5, 5.41) is 13.5. The van der Waals surface area contributed by atoms with Gasteiger partial charge in [-0.2, -0.15) is 5.10 Å². The summed E-state index contributed by atoms with van der Waals surface area (Å²) in [7, 11) is 1.59. The van der Waals surface area contributed by atoms with Crippen molar-refractivity contribution in [2.75, 3.05) is 7.11 Å². The Kier molecular flexibility index (Phi) is 4.57. The Hall–Kier alpha value is -2.08. The van der Waals surface area contributed by atoms with Crippen molar-refractivity contribution in [2.24, 2.45) is 0 Å². The summed E-state index contributed by atoms with van der Waals surface area (Å²) < 4.78 is 12.7. The quantitative estimate of drug-likeness (QED) is 0.873. The van der Waals surface area contributed by atoms with Gasteiger partial charge in [-0.05, 0) is 32.0 Å². The Labute approximate surface area is 118 Å². The number of aromatic nitrogens is 3. The van der Waals surface area contributed by atoms with E-state index in [0.717, 1.165) is 5.82 Å². The highest BCUT2D eigenvalue weighted by molar-refractivity contribution is 5.39. The zero-order valence-corrected chi connectivity index (χ0v) is 11.9. The minimum Gasteiger partial charge on any atom is -0.497 e. The summed E-state index contributed by atoms with van der Waals surface area (Å²) in [4.78, 5) is 4.18. The van der Waals surface area contributed by atoms with E-state index in [1.54, 1.807) is 25.3 Å². The first kappa shape index (κ1) is 14.3. The van der Waals surface area contributed by atoms with Crippen LogP contribution in [0.15, 0.2) is 24.5 Å². The fourth-order valence-electron chi connectivity index (χ4n) is 1.90. The van der Waals surface area contributed by atoms with Crippen LogP contribution in [0.5, 0.6) is 11.5 Å². The molecule has 0 aliphatic rings. The molecule has 0 radical (unpaired) electrons. The van der Waals surface area contributed by atoms with Crippen molar-refractivity contribution in [3.8, 4) is 11.5 Å². The van der Waals surface area contributed by atoms with E-state index in [9.17, 15) is 5.11 Å². The molecule has 2 aromatic rings. The molecule has 20 heavy (non-hydrogen) atoms. The Balaban J connectivity index is 2.12. The van der Waals surface area contributed by atoms with Crippen LogP contribution in [0.4, 0.5) is 0 Å². The van der Waals surface area contributed by atoms with Crippen LogP contribution in [0.3, 0.4) is 0 Å². The number of aliphatic hydroxyl groups excluding tert-OH is 1. The zero-order chi connectivity index (χ0) is 14.5. The van der Waals surface area contributed by atoms with E-state index >= 15 is 0 Å². The van der Waals surface area contributed by atoms with Crippen LogP contribution in [0.1, 0.15) is 31.3 Å². The van der Waals surface area contributed by atoms with Gasteiger partial charge >= 0.3 is 0 Å². The third-order valence-corrected chi connectivity index (χ3v) is 2.93. The molecule has 6 nitrogen and oxygen atoms in total. The molecule has 0 bridgehead atoms. The Morgan fingerprint density at radius 3 is 2.80 bits per heavy atom. The third-order valence-electron chi connectivity index (χ3n) is 2.93. The maximum absolute atomic E-state index is 9.37. The van der Waals surface area contributed by atoms with Gasteiger partial charge in [0.25, 0.3) is 0 Å². The lowest BCUT2D eigenvalue weighted by molar-refractivity contribution is 0.250. The van der Waals surface area contributed by atoms with Crippen molar-refractivity contribution < 1.29 is 14.6 Å². The van der Waals surface area contributed by atoms with E-state index in [0.29, 0.717) is 23.7 Å². The molecule has 0 aliphatic heterocycles. The summed E-state index contributed by atoms with van der Waals surface area (Å²) >= 11 is 0. The molecule has 1 N–H and O–H groups in total. The fraction of sp³-hybridized carbons (Fsp3) is 0.429. The van der Waals surface area contributed by atoms with Gasteiger partial charge in [0.2, 0.25) is 0 Å². The van der Waals surface area contributed by atoms with Gasteiger partial charge in [-0.1, -0.05) is 0 Å². The average molecular weight is 277 g/mol. The molecule has 0 saturated carbocycles. The lowest BCUT2D eigenvalue weighted by Crippen LogP contribution is -2.11. The fourth-order valence-corrected chi connectivity index (χ4v) is 1.90. The minimum absolute atomic E-state index is 0.108. The van der Waals surface area contributed by atoms with Crippen LogP contribution in [-0.2, 0) is 13.2 Å². The maximum atomic E-state index is 9.37. The lowest BCUT2D eigenvalue weighted by atomic mass is 10.2. The number of aliphatic hydroxyl groups is 1. The molecule has 0 amide bonds. The predicted molar refractivity (Wildman–Crippen MR) is 73.7 cm³/mol. The molecule has 0 aliphatic carbocycles. The summed E-state index contributed by atoms with van der Waals surface area (Å²) in [6.07, 6.45) is 1.51. The molecule has 0 atom stereocenters. The number of hydrogen-bond acceptors (Lipinski definition) is 5. The van der Waals surface area contributed by atoms with Gasteiger partial charge < -0.3 is 14.6 Å². The lowest BCUT2D eigenvalue weighted by Gasteiger charge is -2.13. The molecule has 6 heteroatoms. The largest absolute Gasteiger partial charge is 0.497 e. The summed E-state index contributed by atoms with van der Waals surface area (Å²) in [5.41, 5.74) is 0.681. The second-order valence-electron chi connectivity index (χ2n) is 4.64. The standard InChI is InChI=1S/C14H19N3O3/c1-10(2)17-14(15-9-16-17)8-20-13-5-4-12(19-3)6-11(13)7-18/h4-6,9-10,18H,7-8H2,1-3H3. The number of methoxy groups -OCH3 is 1. The second kappa shape index (κ2) is 6.38. The molecule has 0 spiro atoms. The van der Waals surface area contributed by atoms with E-state index in [1.807, 2.05) is 18.5 Å². The van der Waals surface area contributed by atoms with Crippen molar-refractivity contribution in [3.63, 3.8) is 0 Å². The molecule has 0 unspecified atom stereocenters. The SMILES string of the molecule is COc1ccc(OCc2ncnn2C(C)C)c(CO)c1. The summed E-state index contributed by atoms with van der Waals surface area (Å²) in [6, 6.07) is 5.55. The van der Waals surface area contributed by atoms with E-state index in [2.05, 4.69) is 10.1 Å². The average Bonchev–Trinajstić information content (AvgIpc) is 2.93. The molecule has 1 heterocycles. The molecular weight excluding hydrogens is 258 g/mol. The van der Waals surface area contributed by atoms with Gasteiger partial charge in [0.05, 0.1) is 13.7 Å². The molecule has 2 rings (SSSR count). The third kappa shape index (κ3) is 3.08. The first-order valence-electron chi connectivity index (χ1n) is 6.44. The van der Waals surface area contributed by atoms with Crippen molar-refractivity contribution in [2.45, 2.75) is 33.1 Å². The Morgan fingerprint density at radius 2 is 2.15 bits per heavy atom. The van der Waals surface area contributed by atoms with Crippen LogP contribution < -0.4 is 9.47 Å². The van der Waals surface area contributed by atoms with E-state index in [-0.39, 0.29) is 12.6 Å². The van der Waals surface area contributed by atoms with Gasteiger partial charge in [0.15, 0.2) is 5.82 Å². The van der Waals surface area contributed by atoms with Crippen molar-refractivity contribution in [1.29, 1.82) is 0 Å². The highest BCUT2D eigenvalue weighted by Gasteiger charge is 2.10. The zero-order valence-electron chi connectivity index (χ0n) is 11.9. The van der Waals surface area contributed by atoms with Crippen LogP contribution in [-0.4, -0.2) is 27.0 Å². The normalized spacial score (nSPS) is 10.8. The summed E-state index contributed by atoms with van der Waals surface area (Å²) in [6.45, 7) is 4.26. The second-order valence-corrected chi connectivity index (χ2v) is 4.64. The van der Waals surface area contributed by atoms with E-state index in [1.165, 1.54) is 6.33 Å². The van der Waals surface area contributed by atoms with E-state index in [4.69, 9.17) is 9.47 Å². The highest BCUT2D eigenvalue weighted by atomic mass is 16.5. The maximum Gasteiger partial charge on any atom is 0.165 e. The first-order chi connectivity index (χ1) is 9.65. The molecule has 0 fully saturated rings. The van der Waals surface area contributed by atoms with E-state index < -0.39 is 0 Å². The minimum atomic E-state index is -0.108. The van der Waals surface area contributed by atoms with Crippen LogP contribution in [0.25, 0.3) is 0 Å². The molecule has 1 aromatic heterocycles. The van der Waals surface area contributed by atoms with Gasteiger partial charge in [-0.25, -0.2) is 9.67 Å². The Bertz CT molecular complexity index is 567. The smallest absolute Gasteiger partial charge is 0.165 e. The number of benzene rings is 1. The molecule has 0 saturated heterocycles. The molecule has 1 aromatic carbocycles.